The van der Waals surface area contributed by atoms with E-state index in [0.717, 1.165) is 30.2 Å². The van der Waals surface area contributed by atoms with Crippen molar-refractivity contribution in [3.8, 4) is 17.2 Å². The number of piperidine rings is 1. The second-order valence-corrected chi connectivity index (χ2v) is 4.84. The highest BCUT2D eigenvalue weighted by Crippen LogP contribution is 2.28. The minimum atomic E-state index is 0.445. The van der Waals surface area contributed by atoms with E-state index in [-0.39, 0.29) is 0 Å². The minimum Gasteiger partial charge on any atom is -0.497 e. The fourth-order valence-electron chi connectivity index (χ4n) is 2.46. The number of hydrogen-bond acceptors (Lipinski definition) is 4. The third-order valence-corrected chi connectivity index (χ3v) is 3.54. The van der Waals surface area contributed by atoms with Crippen molar-refractivity contribution in [2.75, 3.05) is 20.2 Å². The molecule has 0 spiro atoms. The lowest BCUT2D eigenvalue weighted by molar-refractivity contribution is 0.391. The first-order chi connectivity index (χ1) is 9.36. The third-order valence-electron chi connectivity index (χ3n) is 3.54. The summed E-state index contributed by atoms with van der Waals surface area (Å²) in [5, 5.41) is 3.39. The summed E-state index contributed by atoms with van der Waals surface area (Å²) in [6.45, 7) is 2.08. The van der Waals surface area contributed by atoms with Crippen molar-refractivity contribution >= 4 is 0 Å². The highest BCUT2D eigenvalue weighted by molar-refractivity contribution is 5.55. The Morgan fingerprint density at radius 1 is 1.42 bits per heavy atom. The van der Waals surface area contributed by atoms with Crippen LogP contribution in [0, 0.1) is 0 Å². The van der Waals surface area contributed by atoms with Crippen molar-refractivity contribution in [2.45, 2.75) is 18.8 Å². The van der Waals surface area contributed by atoms with E-state index < -0.39 is 0 Å². The average molecular weight is 258 g/mol. The number of nitrogens with one attached hydrogen (secondary N) is 1. The Labute approximate surface area is 112 Å². The fraction of sp³-hybridized carbons (Fsp3) is 0.400. The van der Waals surface area contributed by atoms with Crippen molar-refractivity contribution in [3.05, 3.63) is 36.2 Å². The van der Waals surface area contributed by atoms with Crippen LogP contribution in [0.5, 0.6) is 5.75 Å². The number of benzene rings is 1. The molecule has 0 aliphatic carbocycles. The van der Waals surface area contributed by atoms with Crippen LogP contribution in [0.4, 0.5) is 0 Å². The quantitative estimate of drug-likeness (QED) is 0.919. The first-order valence-corrected chi connectivity index (χ1v) is 6.67. The van der Waals surface area contributed by atoms with Crippen LogP contribution in [0.2, 0.25) is 0 Å². The van der Waals surface area contributed by atoms with Gasteiger partial charge in [-0.2, -0.15) is 0 Å². The van der Waals surface area contributed by atoms with Crippen LogP contribution in [0.15, 0.2) is 34.9 Å². The Balaban J connectivity index is 1.83. The zero-order chi connectivity index (χ0) is 13.1. The van der Waals surface area contributed by atoms with Gasteiger partial charge in [-0.3, -0.25) is 0 Å². The molecule has 0 radical (unpaired) electrons. The molecule has 2 aromatic rings. The van der Waals surface area contributed by atoms with Crippen LogP contribution >= 0.6 is 0 Å². The summed E-state index contributed by atoms with van der Waals surface area (Å²) < 4.78 is 11.1. The van der Waals surface area contributed by atoms with Gasteiger partial charge in [0.05, 0.1) is 13.3 Å². The van der Waals surface area contributed by atoms with Gasteiger partial charge >= 0.3 is 0 Å². The Morgan fingerprint density at radius 3 is 3.16 bits per heavy atom. The average Bonchev–Trinajstić information content (AvgIpc) is 2.98. The van der Waals surface area contributed by atoms with E-state index >= 15 is 0 Å². The van der Waals surface area contributed by atoms with Crippen molar-refractivity contribution in [3.63, 3.8) is 0 Å². The summed E-state index contributed by atoms with van der Waals surface area (Å²) in [5.41, 5.74) is 0.953. The minimum absolute atomic E-state index is 0.445. The standard InChI is InChI=1S/C15H18N2O2/c1-18-13-6-2-4-11(8-13)15-17-10-14(19-15)12-5-3-7-16-9-12/h2,4,6,8,10,12,16H,3,5,7,9H2,1H3. The maximum absolute atomic E-state index is 5.90. The number of oxazole rings is 1. The summed E-state index contributed by atoms with van der Waals surface area (Å²) in [4.78, 5) is 4.39. The van der Waals surface area contributed by atoms with Gasteiger partial charge in [0.1, 0.15) is 11.5 Å². The molecule has 1 aliphatic heterocycles. The van der Waals surface area contributed by atoms with E-state index in [1.165, 1.54) is 12.8 Å². The molecule has 100 valence electrons. The molecule has 1 atom stereocenters. The molecule has 1 fully saturated rings. The molecular weight excluding hydrogens is 240 g/mol. The smallest absolute Gasteiger partial charge is 0.226 e. The van der Waals surface area contributed by atoms with E-state index in [9.17, 15) is 0 Å². The van der Waals surface area contributed by atoms with Crippen molar-refractivity contribution in [2.24, 2.45) is 0 Å². The Bertz CT molecular complexity index is 545. The van der Waals surface area contributed by atoms with E-state index in [2.05, 4.69) is 10.3 Å². The number of hydrogen-bond donors (Lipinski definition) is 1. The van der Waals surface area contributed by atoms with Crippen molar-refractivity contribution in [1.29, 1.82) is 0 Å². The molecule has 0 bridgehead atoms. The van der Waals surface area contributed by atoms with Gasteiger partial charge in [-0.1, -0.05) is 6.07 Å². The predicted molar refractivity (Wildman–Crippen MR) is 73.3 cm³/mol. The molecule has 1 unspecified atom stereocenters. The Morgan fingerprint density at radius 2 is 2.37 bits per heavy atom. The number of aromatic nitrogens is 1. The normalized spacial score (nSPS) is 19.3. The van der Waals surface area contributed by atoms with Crippen LogP contribution in [0.1, 0.15) is 24.5 Å². The number of rotatable bonds is 3. The second-order valence-electron chi connectivity index (χ2n) is 4.84. The largest absolute Gasteiger partial charge is 0.497 e. The lowest BCUT2D eigenvalue weighted by atomic mass is 9.98. The summed E-state index contributed by atoms with van der Waals surface area (Å²) in [6, 6.07) is 7.78. The SMILES string of the molecule is COc1cccc(-c2ncc(C3CCCNC3)o2)c1. The van der Waals surface area contributed by atoms with Gasteiger partial charge in [-0.25, -0.2) is 4.98 Å². The number of methoxy groups -OCH3 is 1. The van der Waals surface area contributed by atoms with Crippen LogP contribution in [-0.2, 0) is 0 Å². The zero-order valence-corrected chi connectivity index (χ0v) is 11.1. The van der Waals surface area contributed by atoms with Crippen LogP contribution < -0.4 is 10.1 Å². The Kier molecular flexibility index (Phi) is 3.51. The molecule has 1 aromatic carbocycles. The van der Waals surface area contributed by atoms with Gasteiger partial charge in [0, 0.05) is 18.0 Å². The molecule has 1 aromatic heterocycles. The fourth-order valence-corrected chi connectivity index (χ4v) is 2.46. The predicted octanol–water partition coefficient (Wildman–Crippen LogP) is 2.82. The van der Waals surface area contributed by atoms with Crippen LogP contribution in [-0.4, -0.2) is 25.2 Å². The monoisotopic (exact) mass is 258 g/mol. The highest BCUT2D eigenvalue weighted by Gasteiger charge is 2.19. The van der Waals surface area contributed by atoms with E-state index in [4.69, 9.17) is 9.15 Å². The molecule has 2 heterocycles. The van der Waals surface area contributed by atoms with Gasteiger partial charge in [0.15, 0.2) is 0 Å². The summed E-state index contributed by atoms with van der Waals surface area (Å²) >= 11 is 0. The van der Waals surface area contributed by atoms with Crippen molar-refractivity contribution < 1.29 is 9.15 Å². The number of nitrogens with zero attached hydrogens (tertiary/aromatic N) is 1. The molecule has 0 amide bonds. The first kappa shape index (κ1) is 12.2. The van der Waals surface area contributed by atoms with Gasteiger partial charge in [-0.05, 0) is 37.6 Å². The third kappa shape index (κ3) is 2.63. The van der Waals surface area contributed by atoms with Crippen molar-refractivity contribution in [1.82, 2.24) is 10.3 Å². The lowest BCUT2D eigenvalue weighted by Gasteiger charge is -2.20. The zero-order valence-electron chi connectivity index (χ0n) is 11.1. The van der Waals surface area contributed by atoms with E-state index in [1.54, 1.807) is 7.11 Å². The van der Waals surface area contributed by atoms with Crippen LogP contribution in [0.3, 0.4) is 0 Å². The molecule has 0 saturated carbocycles. The molecule has 4 heteroatoms. The molecule has 3 rings (SSSR count). The van der Waals surface area contributed by atoms with E-state index in [1.807, 2.05) is 30.5 Å². The van der Waals surface area contributed by atoms with Gasteiger partial charge in [0.2, 0.25) is 5.89 Å². The van der Waals surface area contributed by atoms with Crippen LogP contribution in [0.25, 0.3) is 11.5 Å². The van der Waals surface area contributed by atoms with Gasteiger partial charge in [0.25, 0.3) is 0 Å². The second kappa shape index (κ2) is 5.45. The highest BCUT2D eigenvalue weighted by atomic mass is 16.5. The molecule has 1 N–H and O–H groups in total. The maximum Gasteiger partial charge on any atom is 0.226 e. The molecular formula is C15H18N2O2. The van der Waals surface area contributed by atoms with Gasteiger partial charge in [-0.15, -0.1) is 0 Å². The number of ether oxygens (including phenoxy) is 1. The molecule has 19 heavy (non-hydrogen) atoms. The van der Waals surface area contributed by atoms with Gasteiger partial charge < -0.3 is 14.5 Å². The van der Waals surface area contributed by atoms with E-state index in [0.29, 0.717) is 11.8 Å². The lowest BCUT2D eigenvalue weighted by Crippen LogP contribution is -2.28. The summed E-state index contributed by atoms with van der Waals surface area (Å²) in [6.07, 6.45) is 4.21. The Hall–Kier alpha value is -1.81. The first-order valence-electron chi connectivity index (χ1n) is 6.67. The summed E-state index contributed by atoms with van der Waals surface area (Å²) in [7, 11) is 1.66. The topological polar surface area (TPSA) is 47.3 Å². The molecule has 4 nitrogen and oxygen atoms in total. The summed E-state index contributed by atoms with van der Waals surface area (Å²) in [5.74, 6) is 2.90. The maximum atomic E-state index is 5.90. The molecule has 1 aliphatic rings. The molecule has 1 saturated heterocycles.